The summed E-state index contributed by atoms with van der Waals surface area (Å²) in [5.74, 6) is 1.31. The van der Waals surface area contributed by atoms with Crippen LogP contribution >= 0.6 is 12.4 Å². The van der Waals surface area contributed by atoms with Gasteiger partial charge in [-0.25, -0.2) is 0 Å². The number of carbonyl (C=O) groups is 2. The number of aromatic hydroxyl groups is 1. The molecule has 15 nitrogen and oxygen atoms in total. The van der Waals surface area contributed by atoms with Crippen molar-refractivity contribution in [1.82, 2.24) is 39.6 Å². The number of phenolic OH excluding ortho intramolecular Hbond substituents is 1. The second-order valence-corrected chi connectivity index (χ2v) is 11.2. The first kappa shape index (κ1) is 43.7. The molecule has 2 aromatic carbocycles. The number of unbranched alkanes of at least 4 members (excludes halogenated alkanes) is 2. The molecule has 2 aliphatic rings. The van der Waals surface area contributed by atoms with E-state index in [1.54, 1.807) is 36.4 Å². The molecule has 16 N–H and O–H groups in total. The fourth-order valence-electron chi connectivity index (χ4n) is 5.38. The Balaban J connectivity index is -0.000000818. The third kappa shape index (κ3) is 12.1. The molecule has 3 aromatic rings. The lowest BCUT2D eigenvalue weighted by atomic mass is 10.1. The number of anilines is 6. The van der Waals surface area contributed by atoms with Crippen molar-refractivity contribution in [3.05, 3.63) is 48.0 Å². The number of aromatic nitrogens is 3. The summed E-state index contributed by atoms with van der Waals surface area (Å²) < 4.78 is 0. The minimum absolute atomic E-state index is 0. The number of hydrogen-bond donors (Lipinski definition) is 8. The van der Waals surface area contributed by atoms with Gasteiger partial charge in [0, 0.05) is 61.3 Å². The fraction of sp³-hybridized carbons (Fsp3) is 0.469. The van der Waals surface area contributed by atoms with Gasteiger partial charge in [0.15, 0.2) is 0 Å². The van der Waals surface area contributed by atoms with Gasteiger partial charge in [-0.3, -0.25) is 9.59 Å². The zero-order valence-electron chi connectivity index (χ0n) is 28.2. The Morgan fingerprint density at radius 1 is 0.750 bits per heavy atom. The molecule has 0 radical (unpaired) electrons. The minimum atomic E-state index is -0.363. The second kappa shape index (κ2) is 21.6. The number of hydrogen-bond acceptors (Lipinski definition) is 13. The number of piperidine rings is 2. The van der Waals surface area contributed by atoms with Crippen LogP contribution in [0.4, 0.5) is 34.9 Å². The van der Waals surface area contributed by atoms with E-state index in [-0.39, 0.29) is 66.0 Å². The van der Waals surface area contributed by atoms with Gasteiger partial charge in [0.2, 0.25) is 23.8 Å². The molecule has 5 rings (SSSR count). The molecule has 0 bridgehead atoms. The summed E-state index contributed by atoms with van der Waals surface area (Å²) in [7, 11) is 0. The normalized spacial score (nSPS) is 13.6. The van der Waals surface area contributed by atoms with E-state index in [1.807, 2.05) is 0 Å². The second-order valence-electron chi connectivity index (χ2n) is 11.2. The Morgan fingerprint density at radius 3 is 1.81 bits per heavy atom. The molecular weight excluding hydrogens is 636 g/mol. The van der Waals surface area contributed by atoms with Crippen LogP contribution in [-0.4, -0.2) is 58.1 Å². The predicted molar refractivity (Wildman–Crippen MR) is 206 cm³/mol. The van der Waals surface area contributed by atoms with Gasteiger partial charge < -0.3 is 55.5 Å². The lowest BCUT2D eigenvalue weighted by Gasteiger charge is -2.30. The Hall–Kier alpha value is -4.28. The van der Waals surface area contributed by atoms with E-state index in [0.29, 0.717) is 35.5 Å². The number of rotatable bonds is 11. The standard InChI is InChI=1S/C32H42N8O3.ClH.4H3N.4H2/c1-2-3-6-11-28(42)33-25-16-17-26(27(41)22-25)35-29(43)23-12-14-24(15-13-23)34-30-36-31(39-18-7-4-8-19-39)38-32(37-30)40-20-9-5-10-21-40;;;;;;;;;/h12-17,22,41H,2-11,18-21H2,1H3,(H,33,42)(H,35,43)(H,34,36,37,38);1H;4*1H3;4*1H. The van der Waals surface area contributed by atoms with Gasteiger partial charge in [0.1, 0.15) is 5.75 Å². The van der Waals surface area contributed by atoms with Gasteiger partial charge in [-0.2, -0.15) is 15.0 Å². The lowest BCUT2D eigenvalue weighted by Crippen LogP contribution is -2.34. The molecule has 0 saturated carbocycles. The maximum atomic E-state index is 12.9. The molecule has 276 valence electrons. The van der Waals surface area contributed by atoms with Crippen molar-refractivity contribution < 1.29 is 20.4 Å². The number of amides is 2. The van der Waals surface area contributed by atoms with Gasteiger partial charge in [0.25, 0.3) is 5.91 Å². The molecule has 2 aliphatic heterocycles. The molecule has 3 heterocycles. The zero-order chi connectivity index (χ0) is 30.0. The van der Waals surface area contributed by atoms with Crippen molar-refractivity contribution in [1.29, 1.82) is 0 Å². The van der Waals surface area contributed by atoms with Crippen molar-refractivity contribution in [2.24, 2.45) is 0 Å². The first-order chi connectivity index (χ1) is 21.0. The van der Waals surface area contributed by atoms with Gasteiger partial charge in [-0.1, -0.05) is 19.8 Å². The van der Waals surface area contributed by atoms with Gasteiger partial charge in [0.05, 0.1) is 5.69 Å². The molecule has 2 fully saturated rings. The Bertz CT molecular complexity index is 1390. The first-order valence-electron chi connectivity index (χ1n) is 15.6. The zero-order valence-corrected chi connectivity index (χ0v) is 29.0. The van der Waals surface area contributed by atoms with Crippen LogP contribution < -0.4 is 50.4 Å². The highest BCUT2D eigenvalue weighted by Gasteiger charge is 2.20. The molecule has 48 heavy (non-hydrogen) atoms. The summed E-state index contributed by atoms with van der Waals surface area (Å²) in [6, 6.07) is 11.7. The molecule has 0 spiro atoms. The summed E-state index contributed by atoms with van der Waals surface area (Å²) in [6.07, 6.45) is 10.3. The van der Waals surface area contributed by atoms with Crippen molar-refractivity contribution in [2.45, 2.75) is 71.1 Å². The van der Waals surface area contributed by atoms with Crippen LogP contribution in [-0.2, 0) is 4.79 Å². The smallest absolute Gasteiger partial charge is 0.255 e. The highest BCUT2D eigenvalue weighted by atomic mass is 35.5. The molecule has 0 aliphatic carbocycles. The maximum Gasteiger partial charge on any atom is 0.255 e. The Kier molecular flexibility index (Phi) is 19.6. The van der Waals surface area contributed by atoms with Gasteiger partial charge in [-0.15, -0.1) is 12.4 Å². The van der Waals surface area contributed by atoms with Crippen LogP contribution in [0.2, 0.25) is 0 Å². The molecular formula is C32H63ClN12O3. The molecule has 16 heteroatoms. The van der Waals surface area contributed by atoms with E-state index < -0.39 is 0 Å². The minimum Gasteiger partial charge on any atom is -0.506 e. The predicted octanol–water partition coefficient (Wildman–Crippen LogP) is 8.13. The average Bonchev–Trinajstić information content (AvgIpc) is 3.03. The third-order valence-corrected chi connectivity index (χ3v) is 7.83. The quantitative estimate of drug-likeness (QED) is 0.0694. The van der Waals surface area contributed by atoms with E-state index in [0.717, 1.165) is 76.8 Å². The summed E-state index contributed by atoms with van der Waals surface area (Å²) in [6.45, 7) is 5.86. The topological polar surface area (TPSA) is 276 Å². The van der Waals surface area contributed by atoms with Crippen LogP contribution in [0.3, 0.4) is 0 Å². The SMILES string of the molecule is CCCCCC(=O)Nc1ccc(NC(=O)c2ccc(Nc3nc(N4CCCCC4)nc(N4CCCCC4)n3)cc2)c(O)c1.Cl.N.N.N.N.[HH].[HH].[HH].[HH]. The number of nitrogens with one attached hydrogen (secondary N) is 3. The van der Waals surface area contributed by atoms with Crippen LogP contribution in [0, 0.1) is 0 Å². The summed E-state index contributed by atoms with van der Waals surface area (Å²) in [4.78, 5) is 43.8. The van der Waals surface area contributed by atoms with E-state index in [9.17, 15) is 14.7 Å². The monoisotopic (exact) mass is 698 g/mol. The fourth-order valence-corrected chi connectivity index (χ4v) is 5.38. The van der Waals surface area contributed by atoms with Crippen LogP contribution in [0.15, 0.2) is 42.5 Å². The van der Waals surface area contributed by atoms with Crippen LogP contribution in [0.5, 0.6) is 5.75 Å². The molecule has 0 atom stereocenters. The van der Waals surface area contributed by atoms with Crippen molar-refractivity contribution in [3.63, 3.8) is 0 Å². The largest absolute Gasteiger partial charge is 0.506 e. The number of benzene rings is 2. The van der Waals surface area contributed by atoms with Crippen molar-refractivity contribution in [3.8, 4) is 5.75 Å². The molecule has 1 aromatic heterocycles. The number of nitrogens with zero attached hydrogens (tertiary/aromatic N) is 5. The Morgan fingerprint density at radius 2 is 1.29 bits per heavy atom. The average molecular weight is 699 g/mol. The van der Waals surface area contributed by atoms with E-state index in [1.165, 1.54) is 18.9 Å². The van der Waals surface area contributed by atoms with Gasteiger partial charge in [-0.05, 0) is 81.3 Å². The van der Waals surface area contributed by atoms with E-state index >= 15 is 0 Å². The summed E-state index contributed by atoms with van der Waals surface area (Å²) in [5, 5.41) is 19.3. The summed E-state index contributed by atoms with van der Waals surface area (Å²) in [5.41, 5.74) is 1.92. The molecule has 2 saturated heterocycles. The van der Waals surface area contributed by atoms with Crippen LogP contribution in [0.1, 0.15) is 87.2 Å². The summed E-state index contributed by atoms with van der Waals surface area (Å²) >= 11 is 0. The number of halogens is 1. The molecule has 2 amide bonds. The Labute approximate surface area is 295 Å². The van der Waals surface area contributed by atoms with E-state index in [2.05, 4.69) is 32.7 Å². The lowest BCUT2D eigenvalue weighted by molar-refractivity contribution is -0.116. The van der Waals surface area contributed by atoms with Crippen molar-refractivity contribution in [2.75, 3.05) is 51.9 Å². The highest BCUT2D eigenvalue weighted by molar-refractivity contribution is 6.05. The molecule has 0 unspecified atom stereocenters. The maximum absolute atomic E-state index is 12.9. The number of phenols is 1. The third-order valence-electron chi connectivity index (χ3n) is 7.83. The van der Waals surface area contributed by atoms with Crippen LogP contribution in [0.25, 0.3) is 0 Å². The highest BCUT2D eigenvalue weighted by Crippen LogP contribution is 2.28. The van der Waals surface area contributed by atoms with E-state index in [4.69, 9.17) is 15.0 Å². The van der Waals surface area contributed by atoms with Gasteiger partial charge >= 0.3 is 0 Å². The van der Waals surface area contributed by atoms with Crippen molar-refractivity contribution >= 4 is 59.1 Å². The number of carbonyl (C=O) groups excluding carboxylic acids is 2. The first-order valence-corrected chi connectivity index (χ1v) is 15.6.